The number of amides is 2. The van der Waals surface area contributed by atoms with Crippen LogP contribution >= 0.6 is 0 Å². The molecule has 1 heterocycles. The summed E-state index contributed by atoms with van der Waals surface area (Å²) in [4.78, 5) is 19.7. The van der Waals surface area contributed by atoms with Gasteiger partial charge in [-0.25, -0.2) is 9.78 Å². The summed E-state index contributed by atoms with van der Waals surface area (Å²) in [5.74, 6) is 0.746. The van der Waals surface area contributed by atoms with Gasteiger partial charge in [-0.3, -0.25) is 0 Å². The SMILES string of the molecule is CC(NC(=O)NCc1ccccc1)c1nc2ccccc2[nH]1. The standard InChI is InChI=1S/C17H18N4O/c1-12(16-20-14-9-5-6-10-15(14)21-16)19-17(22)18-11-13-7-3-2-4-8-13/h2-10,12H,11H2,1H3,(H,20,21)(H2,18,19,22). The van der Waals surface area contributed by atoms with Crippen LogP contribution in [-0.2, 0) is 6.54 Å². The lowest BCUT2D eigenvalue weighted by molar-refractivity contribution is 0.237. The van der Waals surface area contributed by atoms with Crippen LogP contribution in [0.1, 0.15) is 24.4 Å². The zero-order valence-corrected chi connectivity index (χ0v) is 12.3. The Morgan fingerprint density at radius 1 is 1.14 bits per heavy atom. The molecule has 112 valence electrons. The number of aromatic nitrogens is 2. The quantitative estimate of drug-likeness (QED) is 0.692. The number of hydrogen-bond donors (Lipinski definition) is 3. The monoisotopic (exact) mass is 294 g/mol. The fourth-order valence-corrected chi connectivity index (χ4v) is 2.27. The molecule has 3 rings (SSSR count). The number of carbonyl (C=O) groups is 1. The highest BCUT2D eigenvalue weighted by molar-refractivity contribution is 5.76. The molecule has 0 saturated heterocycles. The minimum atomic E-state index is -0.211. The van der Waals surface area contributed by atoms with Crippen LogP contribution in [0.5, 0.6) is 0 Å². The molecule has 0 aliphatic carbocycles. The molecular formula is C17H18N4O. The molecule has 0 radical (unpaired) electrons. The molecule has 1 aromatic heterocycles. The van der Waals surface area contributed by atoms with Gasteiger partial charge in [0.1, 0.15) is 5.82 Å². The van der Waals surface area contributed by atoms with Gasteiger partial charge in [0.05, 0.1) is 17.1 Å². The average Bonchev–Trinajstić information content (AvgIpc) is 2.98. The first-order chi connectivity index (χ1) is 10.7. The first-order valence-corrected chi connectivity index (χ1v) is 7.25. The van der Waals surface area contributed by atoms with Gasteiger partial charge in [-0.15, -0.1) is 0 Å². The van der Waals surface area contributed by atoms with Gasteiger partial charge in [-0.2, -0.15) is 0 Å². The summed E-state index contributed by atoms with van der Waals surface area (Å²) in [5.41, 5.74) is 2.93. The van der Waals surface area contributed by atoms with Gasteiger partial charge in [0.15, 0.2) is 0 Å². The van der Waals surface area contributed by atoms with Gasteiger partial charge in [-0.1, -0.05) is 42.5 Å². The van der Waals surface area contributed by atoms with Crippen LogP contribution in [-0.4, -0.2) is 16.0 Å². The fourth-order valence-electron chi connectivity index (χ4n) is 2.27. The lowest BCUT2D eigenvalue weighted by Gasteiger charge is -2.12. The van der Waals surface area contributed by atoms with Gasteiger partial charge in [0.2, 0.25) is 0 Å². The van der Waals surface area contributed by atoms with E-state index in [1.54, 1.807) is 0 Å². The summed E-state index contributed by atoms with van der Waals surface area (Å²) < 4.78 is 0. The number of imidazole rings is 1. The maximum Gasteiger partial charge on any atom is 0.315 e. The molecule has 1 unspecified atom stereocenters. The molecule has 3 aromatic rings. The number of fused-ring (bicyclic) bond motifs is 1. The first kappa shape index (κ1) is 14.1. The average molecular weight is 294 g/mol. The zero-order valence-electron chi connectivity index (χ0n) is 12.3. The van der Waals surface area contributed by atoms with Crippen LogP contribution in [0.15, 0.2) is 54.6 Å². The molecule has 5 heteroatoms. The lowest BCUT2D eigenvalue weighted by Crippen LogP contribution is -2.36. The molecule has 0 aliphatic heterocycles. The van der Waals surface area contributed by atoms with Gasteiger partial charge < -0.3 is 15.6 Å². The fraction of sp³-hybridized carbons (Fsp3) is 0.176. The molecule has 0 aliphatic rings. The molecule has 3 N–H and O–H groups in total. The smallest absolute Gasteiger partial charge is 0.315 e. The number of nitrogens with one attached hydrogen (secondary N) is 3. The highest BCUT2D eigenvalue weighted by atomic mass is 16.2. The van der Waals surface area contributed by atoms with Crippen molar-refractivity contribution in [3.63, 3.8) is 0 Å². The molecule has 0 spiro atoms. The lowest BCUT2D eigenvalue weighted by atomic mass is 10.2. The van der Waals surface area contributed by atoms with Crippen molar-refractivity contribution >= 4 is 17.1 Å². The van der Waals surface area contributed by atoms with Gasteiger partial charge in [-0.05, 0) is 24.6 Å². The number of aromatic amines is 1. The van der Waals surface area contributed by atoms with Gasteiger partial charge in [0.25, 0.3) is 0 Å². The minimum Gasteiger partial charge on any atom is -0.340 e. The first-order valence-electron chi connectivity index (χ1n) is 7.25. The minimum absolute atomic E-state index is 0.192. The molecule has 2 aromatic carbocycles. The van der Waals surface area contributed by atoms with E-state index in [4.69, 9.17) is 0 Å². The molecule has 0 bridgehead atoms. The second kappa shape index (κ2) is 6.30. The summed E-state index contributed by atoms with van der Waals surface area (Å²) in [6.07, 6.45) is 0. The van der Waals surface area contributed by atoms with E-state index in [1.165, 1.54) is 0 Å². The van der Waals surface area contributed by atoms with E-state index < -0.39 is 0 Å². The van der Waals surface area contributed by atoms with Crippen LogP contribution in [0.2, 0.25) is 0 Å². The Labute approximate surface area is 128 Å². The summed E-state index contributed by atoms with van der Waals surface area (Å²) in [6.45, 7) is 2.40. The van der Waals surface area contributed by atoms with E-state index in [0.29, 0.717) is 6.54 Å². The predicted molar refractivity (Wildman–Crippen MR) is 86.3 cm³/mol. The number of benzene rings is 2. The van der Waals surface area contributed by atoms with E-state index in [2.05, 4.69) is 20.6 Å². The Hall–Kier alpha value is -2.82. The molecule has 0 fully saturated rings. The topological polar surface area (TPSA) is 69.8 Å². The molecule has 2 amide bonds. The van der Waals surface area contributed by atoms with Crippen molar-refractivity contribution in [3.05, 3.63) is 66.0 Å². The van der Waals surface area contributed by atoms with E-state index in [9.17, 15) is 4.79 Å². The van der Waals surface area contributed by atoms with Crippen LogP contribution in [0.3, 0.4) is 0 Å². The zero-order chi connectivity index (χ0) is 15.4. The van der Waals surface area contributed by atoms with E-state index in [-0.39, 0.29) is 12.1 Å². The highest BCUT2D eigenvalue weighted by Gasteiger charge is 2.13. The third-order valence-electron chi connectivity index (χ3n) is 3.46. The Morgan fingerprint density at radius 2 is 1.86 bits per heavy atom. The summed E-state index contributed by atoms with van der Waals surface area (Å²) >= 11 is 0. The number of H-pyrrole nitrogens is 1. The van der Waals surface area contributed by atoms with Crippen molar-refractivity contribution in [3.8, 4) is 0 Å². The van der Waals surface area contributed by atoms with Gasteiger partial charge >= 0.3 is 6.03 Å². The molecule has 22 heavy (non-hydrogen) atoms. The van der Waals surface area contributed by atoms with Crippen LogP contribution in [0.4, 0.5) is 4.79 Å². The summed E-state index contributed by atoms with van der Waals surface area (Å²) in [5, 5.41) is 5.73. The summed E-state index contributed by atoms with van der Waals surface area (Å²) in [7, 11) is 0. The van der Waals surface area contributed by atoms with Crippen LogP contribution in [0, 0.1) is 0 Å². The molecule has 1 atom stereocenters. The maximum absolute atomic E-state index is 12.0. The van der Waals surface area contributed by atoms with Crippen molar-refractivity contribution in [1.29, 1.82) is 0 Å². The van der Waals surface area contributed by atoms with Crippen molar-refractivity contribution in [2.45, 2.75) is 19.5 Å². The Bertz CT molecular complexity index is 733. The summed E-state index contributed by atoms with van der Waals surface area (Å²) in [6, 6.07) is 17.2. The van der Waals surface area contributed by atoms with Crippen molar-refractivity contribution < 1.29 is 4.79 Å². The van der Waals surface area contributed by atoms with Crippen molar-refractivity contribution in [2.24, 2.45) is 0 Å². The largest absolute Gasteiger partial charge is 0.340 e. The van der Waals surface area contributed by atoms with E-state index >= 15 is 0 Å². The van der Waals surface area contributed by atoms with Crippen LogP contribution < -0.4 is 10.6 Å². The number of carbonyl (C=O) groups excluding carboxylic acids is 1. The van der Waals surface area contributed by atoms with E-state index in [0.717, 1.165) is 22.4 Å². The van der Waals surface area contributed by atoms with Crippen molar-refractivity contribution in [1.82, 2.24) is 20.6 Å². The number of urea groups is 1. The molecular weight excluding hydrogens is 276 g/mol. The second-order valence-electron chi connectivity index (χ2n) is 5.17. The van der Waals surface area contributed by atoms with Gasteiger partial charge in [0, 0.05) is 6.54 Å². The normalized spacial score (nSPS) is 12.0. The molecule has 0 saturated carbocycles. The number of hydrogen-bond acceptors (Lipinski definition) is 2. The number of rotatable bonds is 4. The predicted octanol–water partition coefficient (Wildman–Crippen LogP) is 3.12. The molecule has 5 nitrogen and oxygen atoms in total. The second-order valence-corrected chi connectivity index (χ2v) is 5.17. The van der Waals surface area contributed by atoms with Crippen LogP contribution in [0.25, 0.3) is 11.0 Å². The number of nitrogens with zero attached hydrogens (tertiary/aromatic N) is 1. The maximum atomic E-state index is 12.0. The Kier molecular flexibility index (Phi) is 4.05. The van der Waals surface area contributed by atoms with E-state index in [1.807, 2.05) is 61.5 Å². The Balaban J connectivity index is 1.58. The Morgan fingerprint density at radius 3 is 2.64 bits per heavy atom. The highest BCUT2D eigenvalue weighted by Crippen LogP contribution is 2.15. The third kappa shape index (κ3) is 3.25. The number of para-hydroxylation sites is 2. The van der Waals surface area contributed by atoms with Crippen molar-refractivity contribution in [2.75, 3.05) is 0 Å². The third-order valence-corrected chi connectivity index (χ3v) is 3.46.